The van der Waals surface area contributed by atoms with Crippen LogP contribution in [0.2, 0.25) is 0 Å². The third-order valence-corrected chi connectivity index (χ3v) is 2.95. The Labute approximate surface area is 107 Å². The van der Waals surface area contributed by atoms with Crippen LogP contribution in [0.4, 0.5) is 0 Å². The first-order chi connectivity index (χ1) is 8.33. The molecule has 1 rings (SSSR count). The van der Waals surface area contributed by atoms with E-state index in [9.17, 15) is 14.7 Å². The molecule has 2 amide bonds. The molecule has 1 saturated heterocycles. The second kappa shape index (κ2) is 6.15. The van der Waals surface area contributed by atoms with Crippen molar-refractivity contribution in [3.8, 4) is 0 Å². The van der Waals surface area contributed by atoms with Gasteiger partial charge in [-0.2, -0.15) is 0 Å². The maximum absolute atomic E-state index is 11.9. The maximum atomic E-state index is 11.9. The zero-order chi connectivity index (χ0) is 13.8. The van der Waals surface area contributed by atoms with Gasteiger partial charge in [0.2, 0.25) is 5.91 Å². The Kier molecular flexibility index (Phi) is 5.10. The van der Waals surface area contributed by atoms with E-state index in [0.717, 1.165) is 12.8 Å². The molecule has 1 heterocycles. The fourth-order valence-electron chi connectivity index (χ4n) is 2.08. The molecule has 0 spiro atoms. The Morgan fingerprint density at radius 1 is 1.61 bits per heavy atom. The predicted molar refractivity (Wildman–Crippen MR) is 67.4 cm³/mol. The highest BCUT2D eigenvalue weighted by molar-refractivity contribution is 5.91. The molecular formula is C12H23N3O3. The summed E-state index contributed by atoms with van der Waals surface area (Å²) in [7, 11) is 0. The predicted octanol–water partition coefficient (Wildman–Crippen LogP) is -0.535. The molecule has 2 atom stereocenters. The third kappa shape index (κ3) is 4.27. The van der Waals surface area contributed by atoms with Gasteiger partial charge < -0.3 is 15.7 Å². The van der Waals surface area contributed by atoms with Crippen molar-refractivity contribution >= 4 is 11.8 Å². The summed E-state index contributed by atoms with van der Waals surface area (Å²) in [4.78, 5) is 23.5. The number of aliphatic hydroxyl groups is 1. The average Bonchev–Trinajstić information content (AvgIpc) is 2.42. The van der Waals surface area contributed by atoms with Gasteiger partial charge in [0, 0.05) is 13.0 Å². The van der Waals surface area contributed by atoms with Crippen LogP contribution < -0.4 is 16.4 Å². The molecule has 0 aromatic rings. The van der Waals surface area contributed by atoms with Crippen molar-refractivity contribution in [3.05, 3.63) is 0 Å². The minimum atomic E-state index is -1.92. The molecule has 1 unspecified atom stereocenters. The number of carbonyl (C=O) groups excluding carboxylic acids is 2. The molecule has 0 aromatic heterocycles. The highest BCUT2D eigenvalue weighted by atomic mass is 16.3. The topological polar surface area (TPSA) is 104 Å². The van der Waals surface area contributed by atoms with Crippen LogP contribution in [0.3, 0.4) is 0 Å². The SMILES string of the molecule is CC(C)CC(N)(O)C(=O)N[C@H]1CCCCNC1=O. The van der Waals surface area contributed by atoms with Gasteiger partial charge >= 0.3 is 0 Å². The molecule has 18 heavy (non-hydrogen) atoms. The van der Waals surface area contributed by atoms with Crippen LogP contribution in [0.15, 0.2) is 0 Å². The molecule has 1 aliphatic heterocycles. The van der Waals surface area contributed by atoms with E-state index < -0.39 is 17.7 Å². The van der Waals surface area contributed by atoms with Crippen LogP contribution in [0, 0.1) is 5.92 Å². The molecule has 5 N–H and O–H groups in total. The van der Waals surface area contributed by atoms with Crippen molar-refractivity contribution in [1.29, 1.82) is 0 Å². The van der Waals surface area contributed by atoms with Crippen molar-refractivity contribution < 1.29 is 14.7 Å². The summed E-state index contributed by atoms with van der Waals surface area (Å²) in [6.07, 6.45) is 2.50. The third-order valence-electron chi connectivity index (χ3n) is 2.95. The lowest BCUT2D eigenvalue weighted by Gasteiger charge is -2.26. The van der Waals surface area contributed by atoms with E-state index in [2.05, 4.69) is 10.6 Å². The number of amides is 2. The van der Waals surface area contributed by atoms with Crippen LogP contribution in [0.5, 0.6) is 0 Å². The highest BCUT2D eigenvalue weighted by Gasteiger charge is 2.34. The Morgan fingerprint density at radius 3 is 2.89 bits per heavy atom. The summed E-state index contributed by atoms with van der Waals surface area (Å²) in [5, 5.41) is 15.1. The highest BCUT2D eigenvalue weighted by Crippen LogP contribution is 2.13. The molecule has 0 bridgehead atoms. The van der Waals surface area contributed by atoms with Crippen molar-refractivity contribution in [2.75, 3.05) is 6.54 Å². The van der Waals surface area contributed by atoms with E-state index in [1.54, 1.807) is 0 Å². The van der Waals surface area contributed by atoms with Gasteiger partial charge in [-0.3, -0.25) is 15.3 Å². The summed E-state index contributed by atoms with van der Waals surface area (Å²) in [5.41, 5.74) is 3.66. The van der Waals surface area contributed by atoms with Crippen molar-refractivity contribution in [3.63, 3.8) is 0 Å². The molecule has 1 aliphatic rings. The Morgan fingerprint density at radius 2 is 2.28 bits per heavy atom. The first-order valence-electron chi connectivity index (χ1n) is 6.43. The summed E-state index contributed by atoms with van der Waals surface area (Å²) in [6, 6.07) is -0.595. The van der Waals surface area contributed by atoms with Gasteiger partial charge in [-0.1, -0.05) is 13.8 Å². The Balaban J connectivity index is 2.59. The second-order valence-electron chi connectivity index (χ2n) is 5.34. The number of nitrogens with one attached hydrogen (secondary N) is 2. The van der Waals surface area contributed by atoms with E-state index in [-0.39, 0.29) is 18.2 Å². The monoisotopic (exact) mass is 257 g/mol. The molecule has 0 aliphatic carbocycles. The maximum Gasteiger partial charge on any atom is 0.267 e. The van der Waals surface area contributed by atoms with Crippen molar-refractivity contribution in [1.82, 2.24) is 10.6 Å². The van der Waals surface area contributed by atoms with Gasteiger partial charge in [-0.25, -0.2) is 0 Å². The van der Waals surface area contributed by atoms with Crippen molar-refractivity contribution in [2.24, 2.45) is 11.7 Å². The summed E-state index contributed by atoms with van der Waals surface area (Å²) in [6.45, 7) is 4.36. The van der Waals surface area contributed by atoms with Gasteiger partial charge in [0.05, 0.1) is 0 Å². The van der Waals surface area contributed by atoms with Crippen LogP contribution in [-0.4, -0.2) is 35.2 Å². The van der Waals surface area contributed by atoms with Crippen LogP contribution >= 0.6 is 0 Å². The molecule has 0 aromatic carbocycles. The first kappa shape index (κ1) is 14.9. The summed E-state index contributed by atoms with van der Waals surface area (Å²) in [5.74, 6) is -0.798. The molecular weight excluding hydrogens is 234 g/mol. The normalized spacial score (nSPS) is 24.1. The van der Waals surface area contributed by atoms with Gasteiger partial charge in [0.25, 0.3) is 5.91 Å². The zero-order valence-electron chi connectivity index (χ0n) is 11.0. The zero-order valence-corrected chi connectivity index (χ0v) is 11.0. The van der Waals surface area contributed by atoms with E-state index in [1.807, 2.05) is 13.8 Å². The fourth-order valence-corrected chi connectivity index (χ4v) is 2.08. The van der Waals surface area contributed by atoms with Gasteiger partial charge in [0.1, 0.15) is 6.04 Å². The molecule has 0 saturated carbocycles. The quantitative estimate of drug-likeness (QED) is 0.508. The minimum absolute atomic E-state index is 0.0914. The number of nitrogens with two attached hydrogens (primary N) is 1. The van der Waals surface area contributed by atoms with Crippen LogP contribution in [-0.2, 0) is 9.59 Å². The minimum Gasteiger partial charge on any atom is -0.368 e. The van der Waals surface area contributed by atoms with E-state index in [4.69, 9.17) is 5.73 Å². The van der Waals surface area contributed by atoms with E-state index in [1.165, 1.54) is 0 Å². The summed E-state index contributed by atoms with van der Waals surface area (Å²) < 4.78 is 0. The van der Waals surface area contributed by atoms with E-state index in [0.29, 0.717) is 13.0 Å². The lowest BCUT2D eigenvalue weighted by Crippen LogP contribution is -2.59. The van der Waals surface area contributed by atoms with Crippen LogP contribution in [0.25, 0.3) is 0 Å². The lowest BCUT2D eigenvalue weighted by molar-refractivity contribution is -0.143. The largest absolute Gasteiger partial charge is 0.368 e. The number of rotatable bonds is 4. The number of carbonyl (C=O) groups is 2. The average molecular weight is 257 g/mol. The van der Waals surface area contributed by atoms with E-state index >= 15 is 0 Å². The number of hydrogen-bond acceptors (Lipinski definition) is 4. The van der Waals surface area contributed by atoms with Crippen LogP contribution in [0.1, 0.15) is 39.5 Å². The Bertz CT molecular complexity index is 316. The second-order valence-corrected chi connectivity index (χ2v) is 5.34. The van der Waals surface area contributed by atoms with Gasteiger partial charge in [0.15, 0.2) is 5.72 Å². The molecule has 6 heteroatoms. The molecule has 104 valence electrons. The summed E-state index contributed by atoms with van der Waals surface area (Å²) >= 11 is 0. The van der Waals surface area contributed by atoms with Gasteiger partial charge in [-0.05, 0) is 25.2 Å². The lowest BCUT2D eigenvalue weighted by atomic mass is 9.99. The first-order valence-corrected chi connectivity index (χ1v) is 6.43. The van der Waals surface area contributed by atoms with Crippen molar-refractivity contribution in [2.45, 2.75) is 51.3 Å². The molecule has 1 fully saturated rings. The fraction of sp³-hybridized carbons (Fsp3) is 0.833. The molecule has 0 radical (unpaired) electrons. The number of hydrogen-bond donors (Lipinski definition) is 4. The smallest absolute Gasteiger partial charge is 0.267 e. The Hall–Kier alpha value is -1.14. The molecule has 6 nitrogen and oxygen atoms in total. The standard InChI is InChI=1S/C12H23N3O3/c1-8(2)7-12(13,18)11(17)15-9-5-3-4-6-14-10(9)16/h8-9,18H,3-7,13H2,1-2H3,(H,14,16)(H,15,17)/t9-,12?/m0/s1. The van der Waals surface area contributed by atoms with Gasteiger partial charge in [-0.15, -0.1) is 0 Å².